The summed E-state index contributed by atoms with van der Waals surface area (Å²) in [5.41, 5.74) is 2.81. The van der Waals surface area contributed by atoms with E-state index in [1.807, 2.05) is 12.1 Å². The number of hydrogen-bond donors (Lipinski definition) is 2. The zero-order valence-corrected chi connectivity index (χ0v) is 18.1. The molecule has 2 N–H and O–H groups in total. The molecule has 6 heteroatoms. The van der Waals surface area contributed by atoms with Crippen LogP contribution >= 0.6 is 0 Å². The van der Waals surface area contributed by atoms with Crippen LogP contribution in [0.2, 0.25) is 0 Å². The van der Waals surface area contributed by atoms with E-state index < -0.39 is 0 Å². The Balaban J connectivity index is 1.60. The molecule has 1 heterocycles. The maximum absolute atomic E-state index is 14.4. The lowest BCUT2D eigenvalue weighted by molar-refractivity contribution is 0.0493. The zero-order valence-electron chi connectivity index (χ0n) is 18.1. The molecule has 3 rings (SSSR count). The molecule has 31 heavy (non-hydrogen) atoms. The first-order chi connectivity index (χ1) is 15.1. The number of nitrogens with zero attached hydrogens (tertiary/aromatic N) is 2. The number of methoxy groups -OCH3 is 1. The highest BCUT2D eigenvalue weighted by Gasteiger charge is 2.27. The van der Waals surface area contributed by atoms with Gasteiger partial charge in [-0.15, -0.1) is 0 Å². The van der Waals surface area contributed by atoms with E-state index in [-0.39, 0.29) is 25.1 Å². The minimum atomic E-state index is -0.258. The van der Waals surface area contributed by atoms with Crippen molar-refractivity contribution >= 4 is 0 Å². The van der Waals surface area contributed by atoms with E-state index in [0.717, 1.165) is 31.7 Å². The zero-order chi connectivity index (χ0) is 22.1. The van der Waals surface area contributed by atoms with Crippen molar-refractivity contribution in [2.45, 2.75) is 32.0 Å². The third-order valence-corrected chi connectivity index (χ3v) is 5.61. The first-order valence-electron chi connectivity index (χ1n) is 10.7. The second-order valence-corrected chi connectivity index (χ2v) is 7.80. The normalized spacial score (nSPS) is 17.2. The smallest absolute Gasteiger partial charge is 0.131 e. The van der Waals surface area contributed by atoms with Gasteiger partial charge in [0.05, 0.1) is 13.7 Å². The van der Waals surface area contributed by atoms with Crippen molar-refractivity contribution < 1.29 is 19.3 Å². The molecule has 0 spiro atoms. The van der Waals surface area contributed by atoms with Gasteiger partial charge in [-0.25, -0.2) is 4.39 Å². The van der Waals surface area contributed by atoms with Gasteiger partial charge in [0, 0.05) is 69.0 Å². The molecule has 0 radical (unpaired) electrons. The summed E-state index contributed by atoms with van der Waals surface area (Å²) in [5, 5.41) is 18.4. The molecule has 1 saturated heterocycles. The van der Waals surface area contributed by atoms with Crippen molar-refractivity contribution in [1.29, 1.82) is 0 Å². The van der Waals surface area contributed by atoms with E-state index in [1.54, 1.807) is 12.1 Å². The van der Waals surface area contributed by atoms with Crippen LogP contribution in [0.5, 0.6) is 5.75 Å². The molecule has 5 nitrogen and oxygen atoms in total. The van der Waals surface area contributed by atoms with Crippen LogP contribution in [0, 0.1) is 17.7 Å². The quantitative estimate of drug-likeness (QED) is 0.636. The molecule has 0 aliphatic carbocycles. The SMILES string of the molecule is COc1ccc(CN2CCN(Cc3ccc(C#CCCO)cc3)C[C@@H]2CCO)c(F)c1. The van der Waals surface area contributed by atoms with Gasteiger partial charge in [0.15, 0.2) is 0 Å². The summed E-state index contributed by atoms with van der Waals surface area (Å²) in [6.45, 7) is 4.08. The summed E-state index contributed by atoms with van der Waals surface area (Å²) in [6, 6.07) is 13.3. The molecular formula is C25H31FN2O3. The molecular weight excluding hydrogens is 395 g/mol. The van der Waals surface area contributed by atoms with Gasteiger partial charge in [0.2, 0.25) is 0 Å². The third-order valence-electron chi connectivity index (χ3n) is 5.61. The van der Waals surface area contributed by atoms with Crippen LogP contribution < -0.4 is 4.74 Å². The van der Waals surface area contributed by atoms with Gasteiger partial charge in [-0.2, -0.15) is 0 Å². The monoisotopic (exact) mass is 426 g/mol. The van der Waals surface area contributed by atoms with Crippen LogP contribution in [0.4, 0.5) is 4.39 Å². The van der Waals surface area contributed by atoms with Gasteiger partial charge in [-0.05, 0) is 30.2 Å². The molecule has 1 aliphatic heterocycles. The van der Waals surface area contributed by atoms with Crippen LogP contribution in [0.25, 0.3) is 0 Å². The molecule has 1 aliphatic rings. The highest BCUT2D eigenvalue weighted by atomic mass is 19.1. The van der Waals surface area contributed by atoms with Gasteiger partial charge in [0.25, 0.3) is 0 Å². The van der Waals surface area contributed by atoms with Crippen molar-refractivity contribution in [1.82, 2.24) is 9.80 Å². The molecule has 1 atom stereocenters. The summed E-state index contributed by atoms with van der Waals surface area (Å²) >= 11 is 0. The average Bonchev–Trinajstić information content (AvgIpc) is 2.78. The highest BCUT2D eigenvalue weighted by Crippen LogP contribution is 2.22. The van der Waals surface area contributed by atoms with Crippen LogP contribution in [-0.2, 0) is 13.1 Å². The average molecular weight is 427 g/mol. The maximum Gasteiger partial charge on any atom is 0.131 e. The summed E-state index contributed by atoms with van der Waals surface area (Å²) in [7, 11) is 1.53. The first-order valence-corrected chi connectivity index (χ1v) is 10.7. The lowest BCUT2D eigenvalue weighted by Crippen LogP contribution is -2.52. The Labute approximate surface area is 184 Å². The van der Waals surface area contributed by atoms with Gasteiger partial charge < -0.3 is 14.9 Å². The number of halogens is 1. The third kappa shape index (κ3) is 6.78. The van der Waals surface area contributed by atoms with Gasteiger partial charge in [-0.1, -0.05) is 30.0 Å². The summed E-state index contributed by atoms with van der Waals surface area (Å²) < 4.78 is 19.5. The first kappa shape index (κ1) is 23.2. The molecule has 0 aromatic heterocycles. The van der Waals surface area contributed by atoms with Gasteiger partial charge in [0.1, 0.15) is 11.6 Å². The number of hydrogen-bond acceptors (Lipinski definition) is 5. The molecule has 0 amide bonds. The topological polar surface area (TPSA) is 56.2 Å². The molecule has 2 aromatic rings. The number of piperazine rings is 1. The Morgan fingerprint density at radius 3 is 2.55 bits per heavy atom. The van der Waals surface area contributed by atoms with Crippen molar-refractivity contribution in [2.24, 2.45) is 0 Å². The number of aliphatic hydroxyl groups excluding tert-OH is 2. The molecule has 0 bridgehead atoms. The molecule has 2 aromatic carbocycles. The summed E-state index contributed by atoms with van der Waals surface area (Å²) in [4.78, 5) is 4.64. The van der Waals surface area contributed by atoms with E-state index in [1.165, 1.54) is 18.7 Å². The highest BCUT2D eigenvalue weighted by molar-refractivity contribution is 5.36. The largest absolute Gasteiger partial charge is 0.497 e. The van der Waals surface area contributed by atoms with Crippen molar-refractivity contribution in [3.05, 3.63) is 65.0 Å². The molecule has 0 saturated carbocycles. The van der Waals surface area contributed by atoms with E-state index in [9.17, 15) is 9.50 Å². The number of rotatable bonds is 8. The lowest BCUT2D eigenvalue weighted by atomic mass is 10.1. The molecule has 1 fully saturated rings. The maximum atomic E-state index is 14.4. The minimum absolute atomic E-state index is 0.0805. The Bertz CT molecular complexity index is 892. The van der Waals surface area contributed by atoms with Crippen molar-refractivity contribution in [2.75, 3.05) is 40.0 Å². The van der Waals surface area contributed by atoms with Crippen LogP contribution in [0.15, 0.2) is 42.5 Å². The number of benzene rings is 2. The van der Waals surface area contributed by atoms with Crippen molar-refractivity contribution in [3.8, 4) is 17.6 Å². The predicted molar refractivity (Wildman–Crippen MR) is 119 cm³/mol. The van der Waals surface area contributed by atoms with E-state index in [4.69, 9.17) is 9.84 Å². The number of aliphatic hydroxyl groups is 2. The standard InChI is InChI=1S/C25H31FN2O3/c1-31-24-10-9-22(25(26)16-24)18-28-13-12-27(19-23(28)11-15-30)17-21-7-5-20(6-8-21)4-2-3-14-29/h5-10,16,23,29-30H,3,11-15,17-19H2,1H3/t23-/m0/s1. The summed E-state index contributed by atoms with van der Waals surface area (Å²) in [5.74, 6) is 6.24. The number of ether oxygens (including phenoxy) is 1. The Kier molecular flexibility index (Phi) is 8.86. The van der Waals surface area contributed by atoms with Gasteiger partial charge >= 0.3 is 0 Å². The van der Waals surface area contributed by atoms with E-state index >= 15 is 0 Å². The fourth-order valence-corrected chi connectivity index (χ4v) is 3.91. The Hall–Kier alpha value is -2.43. The minimum Gasteiger partial charge on any atom is -0.497 e. The van der Waals surface area contributed by atoms with Gasteiger partial charge in [-0.3, -0.25) is 9.80 Å². The van der Waals surface area contributed by atoms with Crippen LogP contribution in [0.3, 0.4) is 0 Å². The van der Waals surface area contributed by atoms with E-state index in [0.29, 0.717) is 30.7 Å². The fourth-order valence-electron chi connectivity index (χ4n) is 3.91. The Morgan fingerprint density at radius 2 is 1.87 bits per heavy atom. The van der Waals surface area contributed by atoms with Crippen LogP contribution in [-0.4, -0.2) is 66.0 Å². The second kappa shape index (κ2) is 11.8. The van der Waals surface area contributed by atoms with E-state index in [2.05, 4.69) is 33.8 Å². The van der Waals surface area contributed by atoms with Crippen molar-refractivity contribution in [3.63, 3.8) is 0 Å². The van der Waals surface area contributed by atoms with Crippen LogP contribution in [0.1, 0.15) is 29.5 Å². The fraction of sp³-hybridized carbons (Fsp3) is 0.440. The summed E-state index contributed by atoms with van der Waals surface area (Å²) in [6.07, 6.45) is 1.15. The lowest BCUT2D eigenvalue weighted by Gasteiger charge is -2.41. The molecule has 166 valence electrons. The Morgan fingerprint density at radius 1 is 1.06 bits per heavy atom. The molecule has 0 unspecified atom stereocenters. The predicted octanol–water partition coefficient (Wildman–Crippen LogP) is 2.64. The second-order valence-electron chi connectivity index (χ2n) is 7.80.